The van der Waals surface area contributed by atoms with E-state index in [1.807, 2.05) is 0 Å². The molecule has 0 saturated carbocycles. The third-order valence-corrected chi connectivity index (χ3v) is 4.09. The van der Waals surface area contributed by atoms with Gasteiger partial charge in [-0.3, -0.25) is 9.36 Å². The van der Waals surface area contributed by atoms with E-state index in [1.165, 1.54) is 22.8 Å². The van der Waals surface area contributed by atoms with Crippen molar-refractivity contribution in [3.63, 3.8) is 0 Å². The molecule has 1 aliphatic rings. The van der Waals surface area contributed by atoms with Crippen LogP contribution in [0.3, 0.4) is 0 Å². The monoisotopic (exact) mass is 302 g/mol. The number of benzene rings is 1. The first-order valence-corrected chi connectivity index (χ1v) is 7.15. The van der Waals surface area contributed by atoms with E-state index in [0.717, 1.165) is 26.2 Å². The van der Waals surface area contributed by atoms with Gasteiger partial charge in [0.25, 0.3) is 5.56 Å². The first kappa shape index (κ1) is 14.5. The van der Waals surface area contributed by atoms with Gasteiger partial charge in [-0.2, -0.15) is 0 Å². The number of nitrogens with zero attached hydrogens (tertiary/aromatic N) is 4. The van der Waals surface area contributed by atoms with Crippen molar-refractivity contribution in [1.82, 2.24) is 14.5 Å². The zero-order valence-electron chi connectivity index (χ0n) is 12.6. The summed E-state index contributed by atoms with van der Waals surface area (Å²) >= 11 is 0. The molecule has 0 radical (unpaired) electrons. The van der Waals surface area contributed by atoms with Crippen LogP contribution >= 0.6 is 0 Å². The fourth-order valence-electron chi connectivity index (χ4n) is 2.68. The zero-order chi connectivity index (χ0) is 15.9. The van der Waals surface area contributed by atoms with Gasteiger partial charge >= 0.3 is 5.97 Å². The topological polar surface area (TPSA) is 78.7 Å². The molecule has 1 fully saturated rings. The second-order valence-electron chi connectivity index (χ2n) is 5.60. The number of rotatable bonds is 2. The Hall–Kier alpha value is -2.41. The molecule has 7 nitrogen and oxygen atoms in total. The van der Waals surface area contributed by atoms with Crippen LogP contribution < -0.4 is 10.5 Å². The minimum Gasteiger partial charge on any atom is -0.478 e. The predicted octanol–water partition coefficient (Wildman–Crippen LogP) is 0.383. The molecule has 0 atom stereocenters. The number of carboxylic acid groups (broad SMARTS) is 1. The number of hydrogen-bond donors (Lipinski definition) is 1. The van der Waals surface area contributed by atoms with Gasteiger partial charge in [-0.05, 0) is 25.2 Å². The number of anilines is 1. The van der Waals surface area contributed by atoms with Crippen molar-refractivity contribution >= 4 is 22.8 Å². The number of fused-ring (bicyclic) bond motifs is 1. The molecule has 2 heterocycles. The number of carboxylic acids is 1. The van der Waals surface area contributed by atoms with Gasteiger partial charge in [-0.25, -0.2) is 9.78 Å². The molecular weight excluding hydrogens is 284 g/mol. The number of aromatic nitrogens is 2. The standard InChI is InChI=1S/C15H18N4O3/c1-17-5-7-19(8-6-17)15-16-12-9-10(14(21)22)3-4-11(12)13(20)18(15)2/h3-4,9H,5-8H2,1-2H3,(H,21,22). The summed E-state index contributed by atoms with van der Waals surface area (Å²) in [6, 6.07) is 4.42. The summed E-state index contributed by atoms with van der Waals surface area (Å²) in [6.07, 6.45) is 0. The van der Waals surface area contributed by atoms with E-state index in [0.29, 0.717) is 16.9 Å². The zero-order valence-corrected chi connectivity index (χ0v) is 12.6. The van der Waals surface area contributed by atoms with Crippen molar-refractivity contribution < 1.29 is 9.90 Å². The highest BCUT2D eigenvalue weighted by Crippen LogP contribution is 2.17. The van der Waals surface area contributed by atoms with Crippen molar-refractivity contribution in [1.29, 1.82) is 0 Å². The summed E-state index contributed by atoms with van der Waals surface area (Å²) in [7, 11) is 3.76. The molecule has 1 aromatic carbocycles. The molecule has 0 amide bonds. The lowest BCUT2D eigenvalue weighted by Gasteiger charge is -2.33. The second-order valence-corrected chi connectivity index (χ2v) is 5.60. The van der Waals surface area contributed by atoms with Crippen molar-refractivity contribution in [3.05, 3.63) is 34.1 Å². The van der Waals surface area contributed by atoms with Crippen LogP contribution in [0.5, 0.6) is 0 Å². The SMILES string of the molecule is CN1CCN(c2nc3cc(C(=O)O)ccc3c(=O)n2C)CC1. The maximum atomic E-state index is 12.5. The third-order valence-electron chi connectivity index (χ3n) is 4.09. The summed E-state index contributed by atoms with van der Waals surface area (Å²) < 4.78 is 1.54. The summed E-state index contributed by atoms with van der Waals surface area (Å²) in [5, 5.41) is 9.52. The minimum atomic E-state index is -1.02. The number of likely N-dealkylation sites (N-methyl/N-ethyl adjacent to an activating group) is 1. The number of piperazine rings is 1. The van der Waals surface area contributed by atoms with E-state index in [1.54, 1.807) is 7.05 Å². The maximum Gasteiger partial charge on any atom is 0.335 e. The molecule has 1 aliphatic heterocycles. The normalized spacial score (nSPS) is 16.2. The molecule has 1 saturated heterocycles. The van der Waals surface area contributed by atoms with E-state index in [9.17, 15) is 9.59 Å². The third kappa shape index (κ3) is 2.43. The Labute approximate surface area is 127 Å². The van der Waals surface area contributed by atoms with Gasteiger partial charge < -0.3 is 14.9 Å². The van der Waals surface area contributed by atoms with E-state index in [2.05, 4.69) is 21.8 Å². The van der Waals surface area contributed by atoms with Crippen molar-refractivity contribution in [2.45, 2.75) is 0 Å². The molecule has 1 aromatic heterocycles. The van der Waals surface area contributed by atoms with E-state index in [4.69, 9.17) is 5.11 Å². The number of hydrogen-bond acceptors (Lipinski definition) is 5. The van der Waals surface area contributed by atoms with Crippen molar-refractivity contribution in [2.24, 2.45) is 7.05 Å². The van der Waals surface area contributed by atoms with Crippen molar-refractivity contribution in [2.75, 3.05) is 38.1 Å². The van der Waals surface area contributed by atoms with Crippen LogP contribution in [0.25, 0.3) is 10.9 Å². The molecule has 116 valence electrons. The van der Waals surface area contributed by atoms with Crippen LogP contribution in [0.15, 0.2) is 23.0 Å². The lowest BCUT2D eigenvalue weighted by atomic mass is 10.1. The molecule has 22 heavy (non-hydrogen) atoms. The van der Waals surface area contributed by atoms with Crippen molar-refractivity contribution in [3.8, 4) is 0 Å². The van der Waals surface area contributed by atoms with Crippen LogP contribution in [-0.4, -0.2) is 58.8 Å². The quantitative estimate of drug-likeness (QED) is 0.864. The lowest BCUT2D eigenvalue weighted by molar-refractivity contribution is 0.0697. The van der Waals surface area contributed by atoms with E-state index in [-0.39, 0.29) is 11.1 Å². The average molecular weight is 302 g/mol. The van der Waals surface area contributed by atoms with E-state index >= 15 is 0 Å². The minimum absolute atomic E-state index is 0.137. The molecule has 0 spiro atoms. The molecule has 0 unspecified atom stereocenters. The van der Waals surface area contributed by atoms with E-state index < -0.39 is 5.97 Å². The van der Waals surface area contributed by atoms with Crippen LogP contribution in [0.4, 0.5) is 5.95 Å². The molecule has 0 aliphatic carbocycles. The average Bonchev–Trinajstić information content (AvgIpc) is 2.51. The Morgan fingerprint density at radius 1 is 1.18 bits per heavy atom. The highest BCUT2D eigenvalue weighted by atomic mass is 16.4. The van der Waals surface area contributed by atoms with Gasteiger partial charge in [0.15, 0.2) is 0 Å². The number of carbonyl (C=O) groups is 1. The summed E-state index contributed by atoms with van der Waals surface area (Å²) in [6.45, 7) is 3.40. The number of aromatic carboxylic acids is 1. The Kier molecular flexibility index (Phi) is 3.58. The molecule has 3 rings (SSSR count). The Bertz CT molecular complexity index is 791. The maximum absolute atomic E-state index is 12.5. The Balaban J connectivity index is 2.12. The van der Waals surface area contributed by atoms with Gasteiger partial charge in [0.1, 0.15) is 0 Å². The first-order chi connectivity index (χ1) is 10.5. The van der Waals surface area contributed by atoms with Crippen LogP contribution in [0, 0.1) is 0 Å². The van der Waals surface area contributed by atoms with Gasteiger partial charge in [0.05, 0.1) is 16.5 Å². The van der Waals surface area contributed by atoms with Crippen LogP contribution in [0.2, 0.25) is 0 Å². The highest BCUT2D eigenvalue weighted by molar-refractivity contribution is 5.93. The summed E-state index contributed by atoms with van der Waals surface area (Å²) in [5.41, 5.74) is 0.408. The molecule has 2 aromatic rings. The van der Waals surface area contributed by atoms with Crippen LogP contribution in [0.1, 0.15) is 10.4 Å². The Morgan fingerprint density at radius 2 is 1.86 bits per heavy atom. The molecular formula is C15H18N4O3. The highest BCUT2D eigenvalue weighted by Gasteiger charge is 2.19. The fourth-order valence-corrected chi connectivity index (χ4v) is 2.68. The largest absolute Gasteiger partial charge is 0.478 e. The smallest absolute Gasteiger partial charge is 0.335 e. The molecule has 7 heteroatoms. The molecule has 0 bridgehead atoms. The lowest BCUT2D eigenvalue weighted by Crippen LogP contribution is -2.46. The first-order valence-electron chi connectivity index (χ1n) is 7.15. The van der Waals surface area contributed by atoms with Gasteiger partial charge in [-0.1, -0.05) is 0 Å². The molecule has 1 N–H and O–H groups in total. The van der Waals surface area contributed by atoms with Crippen LogP contribution in [-0.2, 0) is 7.05 Å². The second kappa shape index (κ2) is 5.42. The fraction of sp³-hybridized carbons (Fsp3) is 0.400. The summed E-state index contributed by atoms with van der Waals surface area (Å²) in [5.74, 6) is -0.432. The summed E-state index contributed by atoms with van der Waals surface area (Å²) in [4.78, 5) is 32.4. The van der Waals surface area contributed by atoms with Gasteiger partial charge in [0.2, 0.25) is 5.95 Å². The Morgan fingerprint density at radius 3 is 2.50 bits per heavy atom. The predicted molar refractivity (Wildman–Crippen MR) is 83.7 cm³/mol. The van der Waals surface area contributed by atoms with Gasteiger partial charge in [0, 0.05) is 33.2 Å². The van der Waals surface area contributed by atoms with Gasteiger partial charge in [-0.15, -0.1) is 0 Å².